The zero-order valence-corrected chi connectivity index (χ0v) is 13.8. The molecule has 1 rings (SSSR count). The highest BCUT2D eigenvalue weighted by molar-refractivity contribution is 5.56. The highest BCUT2D eigenvalue weighted by Crippen LogP contribution is 2.17. The van der Waals surface area contributed by atoms with Crippen LogP contribution in [0.2, 0.25) is 0 Å². The zero-order chi connectivity index (χ0) is 15.8. The molecule has 1 aromatic carbocycles. The number of likely N-dealkylation sites (N-methyl/N-ethyl adjacent to an activating group) is 1. The Bertz CT molecular complexity index is 511. The molecule has 21 heavy (non-hydrogen) atoms. The van der Waals surface area contributed by atoms with Gasteiger partial charge in [-0.05, 0) is 58.4 Å². The van der Waals surface area contributed by atoms with Crippen molar-refractivity contribution in [3.05, 3.63) is 47.1 Å². The summed E-state index contributed by atoms with van der Waals surface area (Å²) < 4.78 is 0. The second-order valence-electron chi connectivity index (χ2n) is 6.03. The van der Waals surface area contributed by atoms with E-state index in [1.807, 2.05) is 18.2 Å². The number of nitrogens with zero attached hydrogens (tertiary/aromatic N) is 1. The van der Waals surface area contributed by atoms with Crippen molar-refractivity contribution in [2.24, 2.45) is 0 Å². The molecular formula is C18H29N3. The average molecular weight is 287 g/mol. The summed E-state index contributed by atoms with van der Waals surface area (Å²) in [5, 5.41) is 0. The van der Waals surface area contributed by atoms with Crippen LogP contribution in [0.3, 0.4) is 0 Å². The van der Waals surface area contributed by atoms with Crippen LogP contribution in [-0.4, -0.2) is 18.5 Å². The van der Waals surface area contributed by atoms with E-state index >= 15 is 0 Å². The molecule has 3 nitrogen and oxygen atoms in total. The van der Waals surface area contributed by atoms with E-state index in [1.165, 1.54) is 11.1 Å². The molecule has 0 spiro atoms. The fraction of sp³-hybridized carbons (Fsp3) is 0.444. The maximum atomic E-state index is 5.99. The smallest absolute Gasteiger partial charge is 0.0380 e. The lowest BCUT2D eigenvalue weighted by atomic mass is 10.1. The molecule has 0 aromatic heterocycles. The largest absolute Gasteiger partial charge is 0.399 e. The summed E-state index contributed by atoms with van der Waals surface area (Å²) in [4.78, 5) is 2.26. The van der Waals surface area contributed by atoms with E-state index in [4.69, 9.17) is 11.5 Å². The second kappa shape index (κ2) is 8.53. The maximum absolute atomic E-state index is 5.99. The third kappa shape index (κ3) is 7.00. The van der Waals surface area contributed by atoms with Crippen LogP contribution >= 0.6 is 0 Å². The number of nitrogens with two attached hydrogens (primary N) is 2. The van der Waals surface area contributed by atoms with Gasteiger partial charge in [-0.15, -0.1) is 0 Å². The van der Waals surface area contributed by atoms with Gasteiger partial charge in [-0.3, -0.25) is 4.90 Å². The third-order valence-electron chi connectivity index (χ3n) is 3.45. The molecule has 0 bridgehead atoms. The minimum atomic E-state index is 0.717. The van der Waals surface area contributed by atoms with Crippen molar-refractivity contribution in [1.29, 1.82) is 0 Å². The van der Waals surface area contributed by atoms with Crippen molar-refractivity contribution in [2.75, 3.05) is 25.1 Å². The van der Waals surface area contributed by atoms with E-state index in [-0.39, 0.29) is 0 Å². The third-order valence-corrected chi connectivity index (χ3v) is 3.45. The van der Waals surface area contributed by atoms with Crippen molar-refractivity contribution in [3.63, 3.8) is 0 Å². The number of allylic oxidation sites excluding steroid dienone is 3. The number of nitrogen functional groups attached to an aromatic ring is 2. The predicted molar refractivity (Wildman–Crippen MR) is 94.0 cm³/mol. The van der Waals surface area contributed by atoms with Crippen molar-refractivity contribution < 1.29 is 0 Å². The minimum Gasteiger partial charge on any atom is -0.399 e. The van der Waals surface area contributed by atoms with Gasteiger partial charge >= 0.3 is 0 Å². The van der Waals surface area contributed by atoms with Crippen molar-refractivity contribution >= 4 is 11.4 Å². The molecule has 0 radical (unpaired) electrons. The van der Waals surface area contributed by atoms with E-state index in [2.05, 4.69) is 44.9 Å². The lowest BCUT2D eigenvalue weighted by molar-refractivity contribution is 0.363. The van der Waals surface area contributed by atoms with Crippen molar-refractivity contribution in [2.45, 2.75) is 40.2 Å². The zero-order valence-electron chi connectivity index (χ0n) is 13.8. The molecule has 0 amide bonds. The Morgan fingerprint density at radius 3 is 2.48 bits per heavy atom. The first-order valence-corrected chi connectivity index (χ1v) is 7.50. The minimum absolute atomic E-state index is 0.717. The highest BCUT2D eigenvalue weighted by atomic mass is 15.1. The molecule has 0 aliphatic heterocycles. The molecule has 0 atom stereocenters. The van der Waals surface area contributed by atoms with E-state index in [0.717, 1.165) is 37.2 Å². The van der Waals surface area contributed by atoms with Crippen molar-refractivity contribution in [1.82, 2.24) is 4.90 Å². The first-order chi connectivity index (χ1) is 9.88. The molecular weight excluding hydrogens is 258 g/mol. The normalized spacial score (nSPS) is 11.8. The Balaban J connectivity index is 2.46. The van der Waals surface area contributed by atoms with Gasteiger partial charge in [-0.1, -0.05) is 29.4 Å². The van der Waals surface area contributed by atoms with Gasteiger partial charge < -0.3 is 11.5 Å². The number of anilines is 2. The first-order valence-electron chi connectivity index (χ1n) is 7.50. The van der Waals surface area contributed by atoms with Crippen LogP contribution in [0, 0.1) is 0 Å². The summed E-state index contributed by atoms with van der Waals surface area (Å²) in [5.41, 5.74) is 17.1. The van der Waals surface area contributed by atoms with Gasteiger partial charge in [0.05, 0.1) is 0 Å². The molecule has 0 heterocycles. The SMILES string of the molecule is CC(C)=CCC/C(C)=C/CN(C)Cc1ccc(N)cc1N. The van der Waals surface area contributed by atoms with E-state index in [0.29, 0.717) is 5.69 Å². The second-order valence-corrected chi connectivity index (χ2v) is 6.03. The molecule has 4 N–H and O–H groups in total. The molecule has 0 unspecified atom stereocenters. The van der Waals surface area contributed by atoms with E-state index in [1.54, 1.807) is 0 Å². The van der Waals surface area contributed by atoms with Gasteiger partial charge in [0.15, 0.2) is 0 Å². The Hall–Kier alpha value is -1.74. The lowest BCUT2D eigenvalue weighted by Crippen LogP contribution is -2.18. The van der Waals surface area contributed by atoms with Crippen LogP contribution in [0.1, 0.15) is 39.2 Å². The lowest BCUT2D eigenvalue weighted by Gasteiger charge is -2.16. The molecule has 0 fully saturated rings. The summed E-state index contributed by atoms with van der Waals surface area (Å²) in [7, 11) is 2.11. The van der Waals surface area contributed by atoms with Gasteiger partial charge in [0, 0.05) is 24.5 Å². The monoisotopic (exact) mass is 287 g/mol. The van der Waals surface area contributed by atoms with Gasteiger partial charge in [0.2, 0.25) is 0 Å². The number of hydrogen-bond acceptors (Lipinski definition) is 3. The molecule has 0 saturated heterocycles. The standard InChI is InChI=1S/C18H29N3/c1-14(2)6-5-7-15(3)10-11-21(4)13-16-8-9-17(19)12-18(16)20/h6,8-10,12H,5,7,11,13,19-20H2,1-4H3/b15-10+. The van der Waals surface area contributed by atoms with Crippen LogP contribution in [0.15, 0.2) is 41.5 Å². The fourth-order valence-electron chi connectivity index (χ4n) is 2.11. The summed E-state index contributed by atoms with van der Waals surface area (Å²) >= 11 is 0. The van der Waals surface area contributed by atoms with Crippen LogP contribution in [-0.2, 0) is 6.54 Å². The van der Waals surface area contributed by atoms with E-state index < -0.39 is 0 Å². The fourth-order valence-corrected chi connectivity index (χ4v) is 2.11. The molecule has 0 aliphatic rings. The van der Waals surface area contributed by atoms with Crippen LogP contribution in [0.5, 0.6) is 0 Å². The summed E-state index contributed by atoms with van der Waals surface area (Å²) in [6.07, 6.45) is 6.84. The van der Waals surface area contributed by atoms with Gasteiger partial charge in [0.1, 0.15) is 0 Å². The van der Waals surface area contributed by atoms with Crippen molar-refractivity contribution in [3.8, 4) is 0 Å². The van der Waals surface area contributed by atoms with Gasteiger partial charge in [-0.25, -0.2) is 0 Å². The summed E-state index contributed by atoms with van der Waals surface area (Å²) in [6, 6.07) is 5.73. The van der Waals surface area contributed by atoms with Crippen LogP contribution in [0.25, 0.3) is 0 Å². The number of benzene rings is 1. The van der Waals surface area contributed by atoms with Gasteiger partial charge in [0.25, 0.3) is 0 Å². The summed E-state index contributed by atoms with van der Waals surface area (Å²) in [5.74, 6) is 0. The number of rotatable bonds is 7. The van der Waals surface area contributed by atoms with Gasteiger partial charge in [-0.2, -0.15) is 0 Å². The summed E-state index contributed by atoms with van der Waals surface area (Å²) in [6.45, 7) is 8.26. The van der Waals surface area contributed by atoms with E-state index in [9.17, 15) is 0 Å². The Morgan fingerprint density at radius 2 is 1.86 bits per heavy atom. The average Bonchev–Trinajstić information content (AvgIpc) is 2.39. The predicted octanol–water partition coefficient (Wildman–Crippen LogP) is 3.98. The number of hydrogen-bond donors (Lipinski definition) is 2. The Kier molecular flexibility index (Phi) is 7.03. The quantitative estimate of drug-likeness (QED) is 0.589. The Labute approximate surface area is 129 Å². The molecule has 0 saturated carbocycles. The molecule has 1 aromatic rings. The van der Waals surface area contributed by atoms with Crippen LogP contribution < -0.4 is 11.5 Å². The molecule has 116 valence electrons. The maximum Gasteiger partial charge on any atom is 0.0380 e. The van der Waals surface area contributed by atoms with Crippen LogP contribution in [0.4, 0.5) is 11.4 Å². The topological polar surface area (TPSA) is 55.3 Å². The molecule has 3 heteroatoms. The molecule has 0 aliphatic carbocycles. The highest BCUT2D eigenvalue weighted by Gasteiger charge is 2.03. The first kappa shape index (κ1) is 17.3. The Morgan fingerprint density at radius 1 is 1.14 bits per heavy atom.